The van der Waals surface area contributed by atoms with Crippen LogP contribution in [0.5, 0.6) is 0 Å². The van der Waals surface area contributed by atoms with Gasteiger partial charge in [-0.1, -0.05) is 18.2 Å². The number of piperazine rings is 1. The topological polar surface area (TPSA) is 52.7 Å². The Bertz CT molecular complexity index is 573. The molecule has 5 heteroatoms. The fourth-order valence-electron chi connectivity index (χ4n) is 3.41. The molecule has 0 bridgehead atoms. The highest BCUT2D eigenvalue weighted by molar-refractivity contribution is 5.97. The molecule has 3 rings (SSSR count). The highest BCUT2D eigenvalue weighted by atomic mass is 16.2. The second-order valence-corrected chi connectivity index (χ2v) is 6.17. The van der Waals surface area contributed by atoms with Crippen molar-refractivity contribution in [2.24, 2.45) is 0 Å². The number of fused-ring (bicyclic) bond motifs is 1. The van der Waals surface area contributed by atoms with Crippen LogP contribution in [0.1, 0.15) is 28.8 Å². The predicted octanol–water partition coefficient (Wildman–Crippen LogP) is 1.03. The Labute approximate surface area is 131 Å². The number of nitrogens with zero attached hydrogens (tertiary/aromatic N) is 2. The highest BCUT2D eigenvalue weighted by Gasteiger charge is 2.32. The molecule has 0 spiro atoms. The Balaban J connectivity index is 1.52. The molecule has 2 saturated heterocycles. The molecule has 2 aliphatic rings. The van der Waals surface area contributed by atoms with Gasteiger partial charge < -0.3 is 10.2 Å². The van der Waals surface area contributed by atoms with E-state index in [1.54, 1.807) is 6.07 Å². The van der Waals surface area contributed by atoms with Gasteiger partial charge in [0.05, 0.1) is 6.54 Å². The molecule has 2 aliphatic heterocycles. The first-order chi connectivity index (χ1) is 10.6. The van der Waals surface area contributed by atoms with E-state index in [1.165, 1.54) is 12.8 Å². The normalized spacial score (nSPS) is 21.5. The molecule has 0 aliphatic carbocycles. The van der Waals surface area contributed by atoms with Gasteiger partial charge in [-0.2, -0.15) is 0 Å². The van der Waals surface area contributed by atoms with Gasteiger partial charge in [-0.25, -0.2) is 0 Å². The monoisotopic (exact) mass is 301 g/mol. The van der Waals surface area contributed by atoms with E-state index in [9.17, 15) is 9.59 Å². The first-order valence-electron chi connectivity index (χ1n) is 8.01. The van der Waals surface area contributed by atoms with Gasteiger partial charge in [0.25, 0.3) is 5.91 Å². The molecule has 5 nitrogen and oxygen atoms in total. The Morgan fingerprint density at radius 1 is 1.23 bits per heavy atom. The minimum absolute atomic E-state index is 0.0217. The Hall–Kier alpha value is -1.88. The molecular formula is C17H23N3O2. The third-order valence-corrected chi connectivity index (χ3v) is 4.73. The van der Waals surface area contributed by atoms with E-state index in [1.807, 2.05) is 30.0 Å². The van der Waals surface area contributed by atoms with Crippen LogP contribution in [0.2, 0.25) is 0 Å². The van der Waals surface area contributed by atoms with Crippen molar-refractivity contribution >= 4 is 11.8 Å². The van der Waals surface area contributed by atoms with E-state index in [2.05, 4.69) is 10.2 Å². The molecule has 1 unspecified atom stereocenters. The van der Waals surface area contributed by atoms with Crippen molar-refractivity contribution in [1.82, 2.24) is 15.1 Å². The van der Waals surface area contributed by atoms with Crippen LogP contribution in [0.25, 0.3) is 0 Å². The average molecular weight is 301 g/mol. The Morgan fingerprint density at radius 3 is 2.86 bits per heavy atom. The van der Waals surface area contributed by atoms with Crippen LogP contribution in [0.4, 0.5) is 0 Å². The lowest BCUT2D eigenvalue weighted by molar-refractivity contribution is -0.132. The van der Waals surface area contributed by atoms with Gasteiger partial charge in [0.1, 0.15) is 0 Å². The summed E-state index contributed by atoms with van der Waals surface area (Å²) < 4.78 is 0. The van der Waals surface area contributed by atoms with E-state index >= 15 is 0 Å². The third-order valence-electron chi connectivity index (χ3n) is 4.73. The van der Waals surface area contributed by atoms with E-state index in [-0.39, 0.29) is 18.4 Å². The number of carbonyl (C=O) groups excluding carboxylic acids is 2. The third kappa shape index (κ3) is 3.14. The molecule has 0 aromatic heterocycles. The lowest BCUT2D eigenvalue weighted by Crippen LogP contribution is -2.54. The minimum Gasteiger partial charge on any atom is -0.343 e. The summed E-state index contributed by atoms with van der Waals surface area (Å²) in [5.41, 5.74) is 1.56. The van der Waals surface area contributed by atoms with Crippen molar-refractivity contribution in [2.45, 2.75) is 25.8 Å². The summed E-state index contributed by atoms with van der Waals surface area (Å²) in [7, 11) is 0. The molecule has 2 heterocycles. The van der Waals surface area contributed by atoms with Crippen LogP contribution < -0.4 is 5.32 Å². The van der Waals surface area contributed by atoms with Crippen molar-refractivity contribution < 1.29 is 9.59 Å². The van der Waals surface area contributed by atoms with Crippen LogP contribution in [0.15, 0.2) is 24.3 Å². The number of nitrogens with one attached hydrogen (secondary N) is 1. The second-order valence-electron chi connectivity index (χ2n) is 6.17. The van der Waals surface area contributed by atoms with Gasteiger partial charge >= 0.3 is 0 Å². The molecule has 1 atom stereocenters. The first kappa shape index (κ1) is 15.0. The van der Waals surface area contributed by atoms with Crippen LogP contribution >= 0.6 is 0 Å². The molecule has 1 aromatic carbocycles. The largest absolute Gasteiger partial charge is 0.343 e. The average Bonchev–Trinajstić information content (AvgIpc) is 3.00. The minimum atomic E-state index is -0.175. The van der Waals surface area contributed by atoms with Crippen LogP contribution in [0.3, 0.4) is 0 Å². The zero-order valence-electron chi connectivity index (χ0n) is 13.0. The number of aryl methyl sites for hydroxylation is 1. The van der Waals surface area contributed by atoms with Gasteiger partial charge in [0, 0.05) is 31.2 Å². The summed E-state index contributed by atoms with van der Waals surface area (Å²) in [6.45, 7) is 5.68. The summed E-state index contributed by atoms with van der Waals surface area (Å²) in [6.07, 6.45) is 2.41. The van der Waals surface area contributed by atoms with Crippen LogP contribution in [-0.4, -0.2) is 60.4 Å². The number of rotatable bonds is 3. The van der Waals surface area contributed by atoms with Gasteiger partial charge in [-0.3, -0.25) is 14.5 Å². The number of benzene rings is 1. The van der Waals surface area contributed by atoms with E-state index in [0.29, 0.717) is 11.6 Å². The smallest absolute Gasteiger partial charge is 0.251 e. The molecule has 118 valence electrons. The standard InChI is InChI=1S/C17H23N3O2/c1-13-5-2-3-7-15(13)17(22)18-11-16(21)20-10-9-19-8-4-6-14(19)12-20/h2-3,5,7,14H,4,6,8-12H2,1H3,(H,18,22). The zero-order valence-corrected chi connectivity index (χ0v) is 13.0. The zero-order chi connectivity index (χ0) is 15.5. The number of carbonyl (C=O) groups is 2. The van der Waals surface area contributed by atoms with Gasteiger partial charge in [-0.15, -0.1) is 0 Å². The Morgan fingerprint density at radius 2 is 2.05 bits per heavy atom. The lowest BCUT2D eigenvalue weighted by atomic mass is 10.1. The summed E-state index contributed by atoms with van der Waals surface area (Å²) in [5, 5.41) is 2.75. The molecule has 22 heavy (non-hydrogen) atoms. The van der Waals surface area contributed by atoms with Gasteiger partial charge in [0.2, 0.25) is 5.91 Å². The number of hydrogen-bond donors (Lipinski definition) is 1. The highest BCUT2D eigenvalue weighted by Crippen LogP contribution is 2.21. The number of hydrogen-bond acceptors (Lipinski definition) is 3. The summed E-state index contributed by atoms with van der Waals surface area (Å²) in [6, 6.07) is 7.94. The van der Waals surface area contributed by atoms with E-state index < -0.39 is 0 Å². The maximum atomic E-state index is 12.3. The first-order valence-corrected chi connectivity index (χ1v) is 8.01. The SMILES string of the molecule is Cc1ccccc1C(=O)NCC(=O)N1CCN2CCCC2C1. The second kappa shape index (κ2) is 6.48. The van der Waals surface area contributed by atoms with Crippen molar-refractivity contribution in [3.05, 3.63) is 35.4 Å². The van der Waals surface area contributed by atoms with E-state index in [4.69, 9.17) is 0 Å². The van der Waals surface area contributed by atoms with E-state index in [0.717, 1.165) is 31.7 Å². The molecule has 0 saturated carbocycles. The molecule has 2 fully saturated rings. The summed E-state index contributed by atoms with van der Waals surface area (Å²) in [5.74, 6) is -0.153. The van der Waals surface area contributed by atoms with Gasteiger partial charge in [0.15, 0.2) is 0 Å². The van der Waals surface area contributed by atoms with Crippen molar-refractivity contribution in [3.8, 4) is 0 Å². The molecule has 2 amide bonds. The number of amides is 2. The summed E-state index contributed by atoms with van der Waals surface area (Å²) in [4.78, 5) is 28.8. The maximum absolute atomic E-state index is 12.3. The quantitative estimate of drug-likeness (QED) is 0.907. The molecule has 1 N–H and O–H groups in total. The summed E-state index contributed by atoms with van der Waals surface area (Å²) >= 11 is 0. The molecule has 0 radical (unpaired) electrons. The van der Waals surface area contributed by atoms with Gasteiger partial charge in [-0.05, 0) is 37.9 Å². The lowest BCUT2D eigenvalue weighted by Gasteiger charge is -2.37. The Kier molecular flexibility index (Phi) is 4.43. The van der Waals surface area contributed by atoms with Crippen molar-refractivity contribution in [3.63, 3.8) is 0 Å². The van der Waals surface area contributed by atoms with Crippen molar-refractivity contribution in [1.29, 1.82) is 0 Å². The fourth-order valence-corrected chi connectivity index (χ4v) is 3.41. The molecule has 1 aromatic rings. The molecular weight excluding hydrogens is 278 g/mol. The predicted molar refractivity (Wildman–Crippen MR) is 84.7 cm³/mol. The fraction of sp³-hybridized carbons (Fsp3) is 0.529. The maximum Gasteiger partial charge on any atom is 0.251 e. The van der Waals surface area contributed by atoms with Crippen molar-refractivity contribution in [2.75, 3.05) is 32.7 Å². The van der Waals surface area contributed by atoms with Crippen LogP contribution in [-0.2, 0) is 4.79 Å². The van der Waals surface area contributed by atoms with Crippen LogP contribution in [0, 0.1) is 6.92 Å².